The van der Waals surface area contributed by atoms with Crippen molar-refractivity contribution in [2.24, 2.45) is 5.92 Å². The fraction of sp³-hybridized carbons (Fsp3) is 0.490. The number of hydrogen-bond acceptors (Lipinski definition) is 10. The highest BCUT2D eigenvalue weighted by Crippen LogP contribution is 2.41. The van der Waals surface area contributed by atoms with Crippen molar-refractivity contribution in [2.45, 2.75) is 129 Å². The number of hydrogen-bond donors (Lipinski definition) is 6. The molecule has 0 spiro atoms. The molecule has 0 radical (unpaired) electrons. The zero-order valence-corrected chi connectivity index (χ0v) is 41.8. The van der Waals surface area contributed by atoms with Gasteiger partial charge in [0.15, 0.2) is 6.49 Å². The SMILES string of the molecule is CC(C)[C@H](NC(=O)CCCCCn1nnc2c1-c1ccccc1CN(C(=O)CCCCC(=O)NCCCCCCOP(C)(O)=S)c1ccccc1-2)C(=O)N[C@@H](C)C(=O)Nc1ccc(CS)cc1. The van der Waals surface area contributed by atoms with Crippen LogP contribution in [-0.4, -0.2) is 81.3 Å². The van der Waals surface area contributed by atoms with Crippen molar-refractivity contribution in [2.75, 3.05) is 30.0 Å². The highest BCUT2D eigenvalue weighted by Gasteiger charge is 2.30. The van der Waals surface area contributed by atoms with E-state index in [9.17, 15) is 28.9 Å². The maximum Gasteiger partial charge on any atom is 0.246 e. The molecule has 3 atom stereocenters. The van der Waals surface area contributed by atoms with E-state index in [0.717, 1.165) is 72.2 Å². The third-order valence-electron chi connectivity index (χ3n) is 11.6. The molecular weight excluding hydrogens is 908 g/mol. The van der Waals surface area contributed by atoms with Crippen LogP contribution in [-0.2, 0) is 59.1 Å². The summed E-state index contributed by atoms with van der Waals surface area (Å²) >= 11 is 9.14. The highest BCUT2D eigenvalue weighted by molar-refractivity contribution is 8.09. The summed E-state index contributed by atoms with van der Waals surface area (Å²) in [6.07, 6.45) is 7.67. The zero-order valence-electron chi connectivity index (χ0n) is 39.2. The molecule has 4 aromatic rings. The minimum Gasteiger partial charge on any atom is -0.356 e. The molecule has 18 heteroatoms. The largest absolute Gasteiger partial charge is 0.356 e. The Bertz CT molecular complexity index is 2340. The fourth-order valence-electron chi connectivity index (χ4n) is 7.84. The molecule has 15 nitrogen and oxygen atoms in total. The Labute approximate surface area is 405 Å². The molecule has 0 bridgehead atoms. The molecule has 1 unspecified atom stereocenters. The number of carbonyl (C=O) groups excluding carboxylic acids is 5. The average molecular weight is 975 g/mol. The molecule has 1 aliphatic rings. The lowest BCUT2D eigenvalue weighted by Gasteiger charge is -2.28. The number of thiol groups is 1. The molecule has 0 aliphatic carbocycles. The van der Waals surface area contributed by atoms with Crippen LogP contribution in [0.25, 0.3) is 22.5 Å². The molecule has 5 rings (SSSR count). The summed E-state index contributed by atoms with van der Waals surface area (Å²) < 4.78 is 7.17. The van der Waals surface area contributed by atoms with Gasteiger partial charge in [-0.25, -0.2) is 4.68 Å². The first-order valence-corrected chi connectivity index (χ1v) is 27.1. The highest BCUT2D eigenvalue weighted by atomic mass is 32.5. The average Bonchev–Trinajstić information content (AvgIpc) is 3.71. The van der Waals surface area contributed by atoms with Crippen molar-refractivity contribution in [1.82, 2.24) is 30.9 Å². The molecule has 3 aromatic carbocycles. The van der Waals surface area contributed by atoms with Gasteiger partial charge in [0.2, 0.25) is 29.5 Å². The second-order valence-corrected chi connectivity index (χ2v) is 21.7. The number of fused-ring (bicyclic) bond motifs is 5. The van der Waals surface area contributed by atoms with Gasteiger partial charge < -0.3 is 35.6 Å². The number of anilines is 2. The van der Waals surface area contributed by atoms with Crippen molar-refractivity contribution in [1.29, 1.82) is 0 Å². The van der Waals surface area contributed by atoms with E-state index in [1.807, 2.05) is 84.1 Å². The molecular formula is C49H67N8O7PS2. The number of unbranched alkanes of at least 4 members (excludes halogenated alkanes) is 6. The third kappa shape index (κ3) is 16.7. The summed E-state index contributed by atoms with van der Waals surface area (Å²) in [5.41, 5.74) is 6.66. The Balaban J connectivity index is 1.10. The van der Waals surface area contributed by atoms with Crippen LogP contribution in [0.1, 0.15) is 109 Å². The van der Waals surface area contributed by atoms with Gasteiger partial charge in [0.1, 0.15) is 17.8 Å². The quantitative estimate of drug-likeness (QED) is 0.0204. The standard InChI is InChI=1S/C49H67N8O7PS2/c1-34(2)45(49(62)51-35(3)48(61)52-38-27-25-36(33-66)26-28-38)53-43(59)23-8-7-16-30-57-47-39-19-10-9-18-37(39)32-56(41-21-12-11-20-40(41)46(47)54-55-57)44(60)24-14-13-22-42(58)50-29-15-5-6-17-31-64-65(4,63)67/h9-12,18-21,25-28,34-35,45,66H,5-8,13-17,22-24,29-33H2,1-4H3,(H,50,58)(H,51,62)(H,52,61)(H,53,59)(H,63,67)/t35-,45-,65?/m0/s1. The summed E-state index contributed by atoms with van der Waals surface area (Å²) in [6.45, 7) is 6.21. The van der Waals surface area contributed by atoms with Crippen LogP contribution in [0.4, 0.5) is 11.4 Å². The van der Waals surface area contributed by atoms with E-state index in [0.29, 0.717) is 75.5 Å². The second-order valence-electron chi connectivity index (χ2n) is 17.4. The van der Waals surface area contributed by atoms with Gasteiger partial charge in [0.05, 0.1) is 24.5 Å². The van der Waals surface area contributed by atoms with Crippen LogP contribution in [0, 0.1) is 5.92 Å². The molecule has 67 heavy (non-hydrogen) atoms. The van der Waals surface area contributed by atoms with Gasteiger partial charge in [-0.1, -0.05) is 92.9 Å². The van der Waals surface area contributed by atoms with Gasteiger partial charge >= 0.3 is 0 Å². The first-order chi connectivity index (χ1) is 32.1. The van der Waals surface area contributed by atoms with Crippen LogP contribution in [0.5, 0.6) is 0 Å². The first kappa shape index (κ1) is 53.0. The van der Waals surface area contributed by atoms with Gasteiger partial charge in [-0.2, -0.15) is 12.6 Å². The number of carbonyl (C=O) groups is 5. The van der Waals surface area contributed by atoms with Gasteiger partial charge in [-0.3, -0.25) is 24.0 Å². The molecule has 5 N–H and O–H groups in total. The van der Waals surface area contributed by atoms with Crippen LogP contribution < -0.4 is 26.2 Å². The lowest BCUT2D eigenvalue weighted by molar-refractivity contribution is -0.131. The number of amides is 5. The molecule has 0 fully saturated rings. The van der Waals surface area contributed by atoms with E-state index >= 15 is 0 Å². The number of para-hydroxylation sites is 1. The monoisotopic (exact) mass is 974 g/mol. The van der Waals surface area contributed by atoms with Gasteiger partial charge in [0.25, 0.3) is 0 Å². The fourth-order valence-corrected chi connectivity index (χ4v) is 8.74. The minimum atomic E-state index is -2.61. The maximum absolute atomic E-state index is 14.0. The lowest BCUT2D eigenvalue weighted by atomic mass is 9.95. The van der Waals surface area contributed by atoms with E-state index in [-0.39, 0.29) is 36.0 Å². The van der Waals surface area contributed by atoms with E-state index in [1.54, 1.807) is 25.7 Å². The Kier molecular flexibility index (Phi) is 21.0. The summed E-state index contributed by atoms with van der Waals surface area (Å²) in [7, 11) is 0. The topological polar surface area (TPSA) is 197 Å². The van der Waals surface area contributed by atoms with E-state index in [1.165, 1.54) is 0 Å². The Morgan fingerprint density at radius 3 is 2.18 bits per heavy atom. The number of aryl methyl sites for hydroxylation is 1. The minimum absolute atomic E-state index is 0.0198. The van der Waals surface area contributed by atoms with E-state index < -0.39 is 24.5 Å². The number of aromatic nitrogens is 3. The molecule has 5 amide bonds. The molecule has 0 saturated carbocycles. The normalized spacial score (nSPS) is 13.7. The predicted octanol–water partition coefficient (Wildman–Crippen LogP) is 7.92. The predicted molar refractivity (Wildman–Crippen MR) is 271 cm³/mol. The van der Waals surface area contributed by atoms with Crippen molar-refractivity contribution < 1.29 is 33.4 Å². The van der Waals surface area contributed by atoms with Crippen molar-refractivity contribution >= 4 is 71.8 Å². The molecule has 0 saturated heterocycles. The number of nitrogens with one attached hydrogen (secondary N) is 4. The second kappa shape index (κ2) is 26.6. The van der Waals surface area contributed by atoms with Gasteiger partial charge in [-0.05, 0) is 92.5 Å². The van der Waals surface area contributed by atoms with Crippen molar-refractivity contribution in [3.8, 4) is 22.5 Å². The Hall–Kier alpha value is -4.93. The first-order valence-electron chi connectivity index (χ1n) is 23.4. The summed E-state index contributed by atoms with van der Waals surface area (Å²) in [6, 6.07) is 21.5. The van der Waals surface area contributed by atoms with Crippen LogP contribution in [0.3, 0.4) is 0 Å². The zero-order chi connectivity index (χ0) is 48.3. The maximum atomic E-state index is 14.0. The lowest BCUT2D eigenvalue weighted by Crippen LogP contribution is -2.53. The summed E-state index contributed by atoms with van der Waals surface area (Å²) in [4.78, 5) is 77.0. The third-order valence-corrected chi connectivity index (χ3v) is 12.9. The van der Waals surface area contributed by atoms with Gasteiger partial charge in [-0.15, -0.1) is 5.10 Å². The number of rotatable bonds is 26. The van der Waals surface area contributed by atoms with Crippen LogP contribution >= 0.6 is 19.1 Å². The van der Waals surface area contributed by atoms with Gasteiger partial charge in [0, 0.05) is 61.6 Å². The molecule has 1 aliphatic heterocycles. The molecule has 2 heterocycles. The Morgan fingerprint density at radius 2 is 1.45 bits per heavy atom. The number of nitrogens with zero attached hydrogens (tertiary/aromatic N) is 4. The van der Waals surface area contributed by atoms with Crippen molar-refractivity contribution in [3.05, 3.63) is 83.9 Å². The smallest absolute Gasteiger partial charge is 0.246 e. The summed E-state index contributed by atoms with van der Waals surface area (Å²) in [5, 5.41) is 20.7. The van der Waals surface area contributed by atoms with E-state index in [2.05, 4.69) is 44.2 Å². The number of benzene rings is 3. The van der Waals surface area contributed by atoms with Crippen LogP contribution in [0.15, 0.2) is 72.8 Å². The Morgan fingerprint density at radius 1 is 0.791 bits per heavy atom. The summed E-state index contributed by atoms with van der Waals surface area (Å²) in [5.74, 6) is -0.687. The van der Waals surface area contributed by atoms with Crippen LogP contribution in [0.2, 0.25) is 0 Å². The molecule has 362 valence electrons. The molecule has 1 aromatic heterocycles. The van der Waals surface area contributed by atoms with Crippen molar-refractivity contribution in [3.63, 3.8) is 0 Å². The van der Waals surface area contributed by atoms with E-state index in [4.69, 9.17) is 16.3 Å².